The summed E-state index contributed by atoms with van der Waals surface area (Å²) in [6, 6.07) is 11.1. The predicted molar refractivity (Wildman–Crippen MR) is 107 cm³/mol. The number of likely N-dealkylation sites (tertiary alicyclic amines) is 1. The van der Waals surface area contributed by atoms with Crippen molar-refractivity contribution in [1.82, 2.24) is 19.9 Å². The van der Waals surface area contributed by atoms with Crippen LogP contribution in [0.25, 0.3) is 11.3 Å². The minimum absolute atomic E-state index is 0.00561. The molecule has 3 heterocycles. The molecule has 1 aromatic carbocycles. The van der Waals surface area contributed by atoms with Gasteiger partial charge in [-0.15, -0.1) is 0 Å². The minimum Gasteiger partial charge on any atom is -0.342 e. The Morgan fingerprint density at radius 2 is 1.93 bits per heavy atom. The fourth-order valence-corrected chi connectivity index (χ4v) is 3.66. The Balaban J connectivity index is 1.51. The number of halogens is 1. The van der Waals surface area contributed by atoms with Crippen molar-refractivity contribution in [1.29, 1.82) is 0 Å². The van der Waals surface area contributed by atoms with Crippen LogP contribution in [-0.2, 0) is 11.2 Å². The van der Waals surface area contributed by atoms with Crippen LogP contribution in [0.1, 0.15) is 30.1 Å². The maximum Gasteiger partial charge on any atom is 0.251 e. The number of hydrogen-bond donors (Lipinski definition) is 1. The molecule has 1 aliphatic rings. The first kappa shape index (κ1) is 19.0. The van der Waals surface area contributed by atoms with Gasteiger partial charge >= 0.3 is 0 Å². The normalized spacial score (nSPS) is 16.6. The molecule has 4 rings (SSSR count). The lowest BCUT2D eigenvalue weighted by molar-refractivity contribution is -0.131. The molecule has 1 amide bonds. The van der Waals surface area contributed by atoms with Gasteiger partial charge in [0.2, 0.25) is 5.91 Å². The monoisotopic (exact) mass is 392 g/mol. The number of nitrogens with zero attached hydrogens (tertiary/aromatic N) is 3. The highest BCUT2D eigenvalue weighted by atomic mass is 19.1. The van der Waals surface area contributed by atoms with Crippen molar-refractivity contribution in [2.45, 2.75) is 25.2 Å². The Morgan fingerprint density at radius 1 is 1.17 bits per heavy atom. The molecule has 0 unspecified atom stereocenters. The van der Waals surface area contributed by atoms with Crippen molar-refractivity contribution in [3.63, 3.8) is 0 Å². The van der Waals surface area contributed by atoms with Gasteiger partial charge in [-0.1, -0.05) is 12.1 Å². The topological polar surface area (TPSA) is 79.0 Å². The van der Waals surface area contributed by atoms with Gasteiger partial charge in [0, 0.05) is 43.0 Å². The van der Waals surface area contributed by atoms with Crippen molar-refractivity contribution in [2.75, 3.05) is 13.1 Å². The van der Waals surface area contributed by atoms with E-state index in [-0.39, 0.29) is 29.6 Å². The summed E-state index contributed by atoms with van der Waals surface area (Å²) in [4.78, 5) is 38.2. The molecule has 1 saturated heterocycles. The smallest absolute Gasteiger partial charge is 0.251 e. The van der Waals surface area contributed by atoms with Crippen LogP contribution < -0.4 is 5.56 Å². The molecule has 0 spiro atoms. The maximum atomic E-state index is 13.1. The number of carbonyl (C=O) groups is 1. The van der Waals surface area contributed by atoms with Gasteiger partial charge in [0.25, 0.3) is 5.56 Å². The zero-order valence-corrected chi connectivity index (χ0v) is 15.8. The molecule has 1 N–H and O–H groups in total. The van der Waals surface area contributed by atoms with E-state index in [1.165, 1.54) is 18.2 Å². The first-order valence-electron chi connectivity index (χ1n) is 9.62. The number of pyridine rings is 1. The number of piperidine rings is 1. The molecule has 1 aliphatic heterocycles. The lowest BCUT2D eigenvalue weighted by Gasteiger charge is -2.32. The SMILES string of the molecule is O=C(Cc1ccc(F)cc1)N1CCC[C@@H](c2nc(-c3ccncc3)cc(=O)[nH]2)C1. The van der Waals surface area contributed by atoms with Gasteiger partial charge in [0.15, 0.2) is 0 Å². The summed E-state index contributed by atoms with van der Waals surface area (Å²) in [5.74, 6) is 0.247. The molecule has 6 nitrogen and oxygen atoms in total. The maximum absolute atomic E-state index is 13.1. The summed E-state index contributed by atoms with van der Waals surface area (Å²) in [5.41, 5.74) is 2.00. The van der Waals surface area contributed by atoms with E-state index >= 15 is 0 Å². The Kier molecular flexibility index (Phi) is 5.46. The average Bonchev–Trinajstić information content (AvgIpc) is 2.75. The van der Waals surface area contributed by atoms with E-state index in [1.807, 2.05) is 12.1 Å². The lowest BCUT2D eigenvalue weighted by atomic mass is 9.96. The number of carbonyl (C=O) groups excluding carboxylic acids is 1. The van der Waals surface area contributed by atoms with Gasteiger partial charge in [-0.05, 0) is 42.7 Å². The second-order valence-electron chi connectivity index (χ2n) is 7.23. The molecule has 3 aromatic rings. The molecule has 1 atom stereocenters. The number of aromatic nitrogens is 3. The van der Waals surface area contributed by atoms with Crippen molar-refractivity contribution >= 4 is 5.91 Å². The average molecular weight is 392 g/mol. The van der Waals surface area contributed by atoms with Crippen LogP contribution in [0.2, 0.25) is 0 Å². The number of H-pyrrole nitrogens is 1. The first-order valence-corrected chi connectivity index (χ1v) is 9.62. The van der Waals surface area contributed by atoms with Crippen LogP contribution in [-0.4, -0.2) is 38.8 Å². The largest absolute Gasteiger partial charge is 0.342 e. The summed E-state index contributed by atoms with van der Waals surface area (Å²) in [5, 5.41) is 0. The summed E-state index contributed by atoms with van der Waals surface area (Å²) in [6.07, 6.45) is 5.24. The summed E-state index contributed by atoms with van der Waals surface area (Å²) < 4.78 is 13.1. The predicted octanol–water partition coefficient (Wildman–Crippen LogP) is 2.92. The highest BCUT2D eigenvalue weighted by molar-refractivity contribution is 5.79. The van der Waals surface area contributed by atoms with Crippen molar-refractivity contribution in [3.8, 4) is 11.3 Å². The fraction of sp³-hybridized carbons (Fsp3) is 0.273. The van der Waals surface area contributed by atoms with E-state index < -0.39 is 0 Å². The first-order chi connectivity index (χ1) is 14.1. The minimum atomic E-state index is -0.316. The molecular weight excluding hydrogens is 371 g/mol. The Hall–Kier alpha value is -3.35. The number of aromatic amines is 1. The van der Waals surface area contributed by atoms with Crippen LogP contribution in [0, 0.1) is 5.82 Å². The second-order valence-corrected chi connectivity index (χ2v) is 7.23. The molecular formula is C22H21FN4O2. The Bertz CT molecular complexity index is 1050. The quantitative estimate of drug-likeness (QED) is 0.741. The number of benzene rings is 1. The number of nitrogens with one attached hydrogen (secondary N) is 1. The van der Waals surface area contributed by atoms with Gasteiger partial charge in [-0.2, -0.15) is 0 Å². The highest BCUT2D eigenvalue weighted by Crippen LogP contribution is 2.26. The number of rotatable bonds is 4. The van der Waals surface area contributed by atoms with E-state index in [9.17, 15) is 14.0 Å². The van der Waals surface area contributed by atoms with Gasteiger partial charge in [0.05, 0.1) is 12.1 Å². The number of hydrogen-bond acceptors (Lipinski definition) is 4. The summed E-state index contributed by atoms with van der Waals surface area (Å²) in [7, 11) is 0. The summed E-state index contributed by atoms with van der Waals surface area (Å²) in [6.45, 7) is 1.17. The van der Waals surface area contributed by atoms with Gasteiger partial charge in [-0.25, -0.2) is 9.37 Å². The van der Waals surface area contributed by atoms with Crippen LogP contribution in [0.3, 0.4) is 0 Å². The van der Waals surface area contributed by atoms with Crippen LogP contribution in [0.5, 0.6) is 0 Å². The highest BCUT2D eigenvalue weighted by Gasteiger charge is 2.26. The van der Waals surface area contributed by atoms with Gasteiger partial charge in [-0.3, -0.25) is 14.6 Å². The lowest BCUT2D eigenvalue weighted by Crippen LogP contribution is -2.40. The molecule has 0 radical (unpaired) electrons. The van der Waals surface area contributed by atoms with Crippen molar-refractivity contribution in [2.24, 2.45) is 0 Å². The van der Waals surface area contributed by atoms with Crippen LogP contribution in [0.15, 0.2) is 59.7 Å². The Morgan fingerprint density at radius 3 is 2.69 bits per heavy atom. The summed E-state index contributed by atoms with van der Waals surface area (Å²) >= 11 is 0. The molecule has 0 saturated carbocycles. The third-order valence-electron chi connectivity index (χ3n) is 5.17. The Labute approximate surface area is 167 Å². The van der Waals surface area contributed by atoms with Gasteiger partial charge in [0.1, 0.15) is 11.6 Å². The zero-order chi connectivity index (χ0) is 20.2. The molecule has 148 valence electrons. The second kappa shape index (κ2) is 8.34. The molecule has 7 heteroatoms. The zero-order valence-electron chi connectivity index (χ0n) is 15.8. The molecule has 0 bridgehead atoms. The molecule has 0 aliphatic carbocycles. The van der Waals surface area contributed by atoms with E-state index in [4.69, 9.17) is 0 Å². The number of amides is 1. The van der Waals surface area contributed by atoms with Crippen molar-refractivity contribution in [3.05, 3.63) is 82.4 Å². The van der Waals surface area contributed by atoms with E-state index in [2.05, 4.69) is 15.0 Å². The van der Waals surface area contributed by atoms with Gasteiger partial charge < -0.3 is 9.88 Å². The van der Waals surface area contributed by atoms with E-state index in [0.29, 0.717) is 24.6 Å². The third-order valence-corrected chi connectivity index (χ3v) is 5.17. The van der Waals surface area contributed by atoms with Crippen LogP contribution in [0.4, 0.5) is 4.39 Å². The van der Waals surface area contributed by atoms with E-state index in [0.717, 1.165) is 24.0 Å². The standard InChI is InChI=1S/C22H21FN4O2/c23-18-5-3-15(4-6-18)12-21(29)27-11-1-2-17(14-27)22-25-19(13-20(28)26-22)16-7-9-24-10-8-16/h3-10,13,17H,1-2,11-12,14H2,(H,25,26,28)/t17-/m1/s1. The van der Waals surface area contributed by atoms with E-state index in [1.54, 1.807) is 29.4 Å². The molecule has 2 aromatic heterocycles. The van der Waals surface area contributed by atoms with Crippen LogP contribution >= 0.6 is 0 Å². The fourth-order valence-electron chi connectivity index (χ4n) is 3.66. The molecule has 29 heavy (non-hydrogen) atoms. The molecule has 1 fully saturated rings. The third kappa shape index (κ3) is 4.56. The van der Waals surface area contributed by atoms with Crippen molar-refractivity contribution < 1.29 is 9.18 Å².